The Hall–Kier alpha value is -2.09. The molecule has 2 aromatic carbocycles. The van der Waals surface area contributed by atoms with Gasteiger partial charge >= 0.3 is 0 Å². The molecule has 152 valence electrons. The molecule has 1 amide bonds. The molecule has 0 atom stereocenters. The number of hydrogen-bond acceptors (Lipinski definition) is 4. The Morgan fingerprint density at radius 1 is 1.11 bits per heavy atom. The van der Waals surface area contributed by atoms with Crippen LogP contribution in [0.3, 0.4) is 0 Å². The highest BCUT2D eigenvalue weighted by molar-refractivity contribution is 7.92. The predicted octanol–water partition coefficient (Wildman–Crippen LogP) is 2.91. The Kier molecular flexibility index (Phi) is 7.86. The van der Waals surface area contributed by atoms with Crippen molar-refractivity contribution in [2.24, 2.45) is 0 Å². The van der Waals surface area contributed by atoms with E-state index in [1.165, 1.54) is 12.1 Å². The number of nitrogens with zero attached hydrogens (tertiary/aromatic N) is 2. The number of halogens is 1. The Morgan fingerprint density at radius 3 is 2.39 bits per heavy atom. The van der Waals surface area contributed by atoms with Gasteiger partial charge in [-0.15, -0.1) is 0 Å². The van der Waals surface area contributed by atoms with Crippen LogP contribution in [0, 0.1) is 6.92 Å². The van der Waals surface area contributed by atoms with Gasteiger partial charge in [0.25, 0.3) is 10.0 Å². The van der Waals surface area contributed by atoms with Crippen LogP contribution < -0.4 is 9.62 Å². The van der Waals surface area contributed by atoms with Crippen LogP contribution in [-0.4, -0.2) is 53.0 Å². The van der Waals surface area contributed by atoms with Crippen LogP contribution >= 0.6 is 11.6 Å². The first-order valence-electron chi connectivity index (χ1n) is 8.97. The van der Waals surface area contributed by atoms with Crippen LogP contribution in [0.2, 0.25) is 5.02 Å². The number of sulfonamides is 1. The van der Waals surface area contributed by atoms with E-state index in [0.717, 1.165) is 17.3 Å². The third-order valence-corrected chi connectivity index (χ3v) is 6.16. The molecule has 0 aliphatic rings. The molecule has 28 heavy (non-hydrogen) atoms. The van der Waals surface area contributed by atoms with Gasteiger partial charge in [0.15, 0.2) is 0 Å². The van der Waals surface area contributed by atoms with E-state index < -0.39 is 10.0 Å². The number of carbonyl (C=O) groups is 1. The maximum atomic E-state index is 13.2. The molecule has 0 aromatic heterocycles. The summed E-state index contributed by atoms with van der Waals surface area (Å²) in [6, 6.07) is 13.0. The van der Waals surface area contributed by atoms with Crippen molar-refractivity contribution in [3.8, 4) is 0 Å². The lowest BCUT2D eigenvalue weighted by molar-refractivity contribution is -0.119. The topological polar surface area (TPSA) is 69.7 Å². The maximum Gasteiger partial charge on any atom is 0.264 e. The minimum absolute atomic E-state index is 0.129. The molecule has 0 radical (unpaired) electrons. The first-order chi connectivity index (χ1) is 13.2. The predicted molar refractivity (Wildman–Crippen MR) is 113 cm³/mol. The Morgan fingerprint density at radius 2 is 1.79 bits per heavy atom. The molecule has 0 fully saturated rings. The fourth-order valence-corrected chi connectivity index (χ4v) is 4.46. The molecular formula is C20H26ClN3O3S. The van der Waals surface area contributed by atoms with Crippen molar-refractivity contribution >= 4 is 33.2 Å². The smallest absolute Gasteiger partial charge is 0.264 e. The zero-order valence-corrected chi connectivity index (χ0v) is 17.9. The van der Waals surface area contributed by atoms with Crippen LogP contribution in [0.5, 0.6) is 0 Å². The summed E-state index contributed by atoms with van der Waals surface area (Å²) in [6.45, 7) is 2.78. The number of nitrogens with one attached hydrogen (secondary N) is 1. The van der Waals surface area contributed by atoms with Crippen molar-refractivity contribution in [1.29, 1.82) is 0 Å². The van der Waals surface area contributed by atoms with Gasteiger partial charge in [-0.05, 0) is 69.9 Å². The van der Waals surface area contributed by atoms with Crippen molar-refractivity contribution in [3.63, 3.8) is 0 Å². The fourth-order valence-electron chi connectivity index (χ4n) is 2.73. The third kappa shape index (κ3) is 5.95. The second-order valence-corrected chi connectivity index (χ2v) is 9.06. The minimum atomic E-state index is -3.91. The number of anilines is 1. The lowest BCUT2D eigenvalue weighted by Gasteiger charge is -2.25. The van der Waals surface area contributed by atoms with E-state index in [1.807, 2.05) is 19.0 Å². The zero-order valence-electron chi connectivity index (χ0n) is 16.4. The summed E-state index contributed by atoms with van der Waals surface area (Å²) in [5.41, 5.74) is 1.10. The van der Waals surface area contributed by atoms with E-state index in [2.05, 4.69) is 5.32 Å². The number of aryl methyl sites for hydroxylation is 1. The molecule has 0 aliphatic heterocycles. The van der Waals surface area contributed by atoms with E-state index in [9.17, 15) is 13.2 Å². The summed E-state index contributed by atoms with van der Waals surface area (Å²) in [5.74, 6) is -0.354. The fraction of sp³-hybridized carbons (Fsp3) is 0.350. The van der Waals surface area contributed by atoms with E-state index >= 15 is 0 Å². The van der Waals surface area contributed by atoms with Gasteiger partial charge < -0.3 is 10.2 Å². The SMILES string of the molecule is Cc1cc(Cl)ccc1N(CC(=O)NCCCN(C)C)S(=O)(=O)c1ccccc1. The quantitative estimate of drug-likeness (QED) is 0.629. The summed E-state index contributed by atoms with van der Waals surface area (Å²) in [6.07, 6.45) is 0.782. The van der Waals surface area contributed by atoms with Crippen molar-refractivity contribution in [3.05, 3.63) is 59.1 Å². The van der Waals surface area contributed by atoms with Gasteiger partial charge in [0.2, 0.25) is 5.91 Å². The molecule has 0 bridgehead atoms. The van der Waals surface area contributed by atoms with Crippen LogP contribution in [0.15, 0.2) is 53.4 Å². The standard InChI is InChI=1S/C20H26ClN3O3S/c1-16-14-17(21)10-11-19(16)24(15-20(25)22-12-7-13-23(2)3)28(26,27)18-8-5-4-6-9-18/h4-6,8-11,14H,7,12-13,15H2,1-3H3,(H,22,25). The van der Waals surface area contributed by atoms with Gasteiger partial charge in [-0.25, -0.2) is 8.42 Å². The average molecular weight is 424 g/mol. The maximum absolute atomic E-state index is 13.2. The first-order valence-corrected chi connectivity index (χ1v) is 10.8. The monoisotopic (exact) mass is 423 g/mol. The van der Waals surface area contributed by atoms with Gasteiger partial charge in [-0.2, -0.15) is 0 Å². The molecule has 0 spiro atoms. The molecule has 1 N–H and O–H groups in total. The summed E-state index contributed by atoms with van der Waals surface area (Å²) in [4.78, 5) is 14.6. The van der Waals surface area contributed by atoms with Gasteiger partial charge in [-0.1, -0.05) is 29.8 Å². The van der Waals surface area contributed by atoms with Crippen LogP contribution in [-0.2, 0) is 14.8 Å². The van der Waals surface area contributed by atoms with Crippen molar-refractivity contribution in [1.82, 2.24) is 10.2 Å². The zero-order chi connectivity index (χ0) is 20.7. The second-order valence-electron chi connectivity index (χ2n) is 6.76. The number of benzene rings is 2. The van der Waals surface area contributed by atoms with E-state index in [-0.39, 0.29) is 17.3 Å². The number of hydrogen-bond donors (Lipinski definition) is 1. The second kappa shape index (κ2) is 9.91. The molecule has 0 saturated heterocycles. The largest absolute Gasteiger partial charge is 0.354 e. The first kappa shape index (κ1) is 22.2. The van der Waals surface area contributed by atoms with E-state index in [4.69, 9.17) is 11.6 Å². The normalized spacial score (nSPS) is 11.5. The van der Waals surface area contributed by atoms with Gasteiger partial charge in [0.05, 0.1) is 10.6 Å². The Labute approximate surface area is 172 Å². The minimum Gasteiger partial charge on any atom is -0.354 e. The van der Waals surface area contributed by atoms with Crippen LogP contribution in [0.4, 0.5) is 5.69 Å². The Balaban J connectivity index is 2.28. The number of rotatable bonds is 9. The molecular weight excluding hydrogens is 398 g/mol. The molecule has 0 heterocycles. The third-order valence-electron chi connectivity index (χ3n) is 4.15. The van der Waals surface area contributed by atoms with Crippen molar-refractivity contribution in [2.45, 2.75) is 18.2 Å². The molecule has 2 aromatic rings. The van der Waals surface area contributed by atoms with Gasteiger partial charge in [-0.3, -0.25) is 9.10 Å². The highest BCUT2D eigenvalue weighted by atomic mass is 35.5. The molecule has 6 nitrogen and oxygen atoms in total. The summed E-state index contributed by atoms with van der Waals surface area (Å²) >= 11 is 6.02. The van der Waals surface area contributed by atoms with Crippen LogP contribution in [0.1, 0.15) is 12.0 Å². The highest BCUT2D eigenvalue weighted by Crippen LogP contribution is 2.28. The lowest BCUT2D eigenvalue weighted by Crippen LogP contribution is -2.41. The molecule has 0 aliphatic carbocycles. The highest BCUT2D eigenvalue weighted by Gasteiger charge is 2.28. The Bertz CT molecular complexity index is 902. The summed E-state index contributed by atoms with van der Waals surface area (Å²) in [7, 11) is 0.00789. The van der Waals surface area contributed by atoms with E-state index in [1.54, 1.807) is 43.3 Å². The molecule has 0 unspecified atom stereocenters. The average Bonchev–Trinajstić information content (AvgIpc) is 2.64. The van der Waals surface area contributed by atoms with Gasteiger partial charge in [0, 0.05) is 11.6 Å². The summed E-state index contributed by atoms with van der Waals surface area (Å²) < 4.78 is 27.6. The number of carbonyl (C=O) groups excluding carboxylic acids is 1. The number of amides is 1. The molecule has 2 rings (SSSR count). The lowest BCUT2D eigenvalue weighted by atomic mass is 10.2. The summed E-state index contributed by atoms with van der Waals surface area (Å²) in [5, 5.41) is 3.30. The van der Waals surface area contributed by atoms with Crippen LogP contribution in [0.25, 0.3) is 0 Å². The van der Waals surface area contributed by atoms with E-state index in [0.29, 0.717) is 22.8 Å². The van der Waals surface area contributed by atoms with Gasteiger partial charge in [0.1, 0.15) is 6.54 Å². The van der Waals surface area contributed by atoms with Crippen molar-refractivity contribution in [2.75, 3.05) is 38.0 Å². The molecule has 0 saturated carbocycles. The molecule has 8 heteroatoms. The van der Waals surface area contributed by atoms with Crippen molar-refractivity contribution < 1.29 is 13.2 Å².